The first-order valence-corrected chi connectivity index (χ1v) is 8.10. The number of unbranched alkanes of at least 4 members (excludes halogenated alkanes) is 1. The fourth-order valence-electron chi connectivity index (χ4n) is 2.10. The quantitative estimate of drug-likeness (QED) is 0.617. The predicted molar refractivity (Wildman–Crippen MR) is 92.7 cm³/mol. The van der Waals surface area contributed by atoms with E-state index in [1.807, 2.05) is 6.07 Å². The second-order valence-corrected chi connectivity index (χ2v) is 5.40. The maximum atomic E-state index is 12.1. The molecular weight excluding hydrogens is 306 g/mol. The molecule has 2 aromatic rings. The number of hydrogen-bond acceptors (Lipinski definition) is 4. The van der Waals surface area contributed by atoms with Crippen molar-refractivity contribution >= 4 is 17.5 Å². The Balaban J connectivity index is 1.81. The first kappa shape index (κ1) is 17.6. The number of nitrogens with one attached hydrogen (secondary N) is 3. The van der Waals surface area contributed by atoms with E-state index in [9.17, 15) is 9.59 Å². The van der Waals surface area contributed by atoms with Crippen LogP contribution in [-0.4, -0.2) is 24.9 Å². The summed E-state index contributed by atoms with van der Waals surface area (Å²) >= 11 is 0. The third-order valence-corrected chi connectivity index (χ3v) is 3.43. The Morgan fingerprint density at radius 1 is 1.12 bits per heavy atom. The Labute approximate surface area is 141 Å². The van der Waals surface area contributed by atoms with E-state index in [-0.39, 0.29) is 18.4 Å². The van der Waals surface area contributed by atoms with Crippen LogP contribution in [0.5, 0.6) is 0 Å². The van der Waals surface area contributed by atoms with Crippen LogP contribution in [0.25, 0.3) is 0 Å². The van der Waals surface area contributed by atoms with E-state index in [1.165, 1.54) is 0 Å². The van der Waals surface area contributed by atoms with Gasteiger partial charge in [0.25, 0.3) is 5.91 Å². The largest absolute Gasteiger partial charge is 0.467 e. The first-order chi connectivity index (χ1) is 11.7. The van der Waals surface area contributed by atoms with Crippen molar-refractivity contribution < 1.29 is 14.0 Å². The zero-order valence-electron chi connectivity index (χ0n) is 13.8. The highest BCUT2D eigenvalue weighted by molar-refractivity contribution is 5.95. The lowest BCUT2D eigenvalue weighted by Crippen LogP contribution is -2.30. The Hall–Kier alpha value is -2.76. The van der Waals surface area contributed by atoms with Crippen molar-refractivity contribution in [3.63, 3.8) is 0 Å². The molecule has 0 unspecified atom stereocenters. The average Bonchev–Trinajstić information content (AvgIpc) is 3.12. The van der Waals surface area contributed by atoms with E-state index in [0.717, 1.165) is 18.5 Å². The van der Waals surface area contributed by atoms with Gasteiger partial charge in [0.2, 0.25) is 5.91 Å². The Morgan fingerprint density at radius 3 is 2.75 bits per heavy atom. The fraction of sp³-hybridized carbons (Fsp3) is 0.333. The van der Waals surface area contributed by atoms with Crippen LogP contribution in [0.3, 0.4) is 0 Å². The van der Waals surface area contributed by atoms with Gasteiger partial charge in [0, 0.05) is 17.8 Å². The molecule has 6 nitrogen and oxygen atoms in total. The maximum Gasteiger partial charge on any atom is 0.251 e. The minimum absolute atomic E-state index is 0.0591. The number of rotatable bonds is 9. The Bertz CT molecular complexity index is 653. The predicted octanol–water partition coefficient (Wildman–Crippen LogP) is 2.54. The van der Waals surface area contributed by atoms with Gasteiger partial charge in [-0.15, -0.1) is 0 Å². The molecule has 3 N–H and O–H groups in total. The number of furan rings is 1. The summed E-state index contributed by atoms with van der Waals surface area (Å²) in [6.07, 6.45) is 3.58. The molecule has 0 fully saturated rings. The zero-order chi connectivity index (χ0) is 17.2. The van der Waals surface area contributed by atoms with Crippen LogP contribution < -0.4 is 16.0 Å². The molecule has 1 heterocycles. The van der Waals surface area contributed by atoms with Gasteiger partial charge in [-0.1, -0.05) is 19.4 Å². The molecule has 0 aliphatic rings. The van der Waals surface area contributed by atoms with Gasteiger partial charge in [-0.3, -0.25) is 9.59 Å². The molecule has 0 atom stereocenters. The number of carbonyl (C=O) groups excluding carboxylic acids is 2. The summed E-state index contributed by atoms with van der Waals surface area (Å²) in [6, 6.07) is 10.6. The van der Waals surface area contributed by atoms with Crippen molar-refractivity contribution in [1.82, 2.24) is 10.6 Å². The van der Waals surface area contributed by atoms with Crippen LogP contribution in [0.4, 0.5) is 5.69 Å². The van der Waals surface area contributed by atoms with Crippen LogP contribution >= 0.6 is 0 Å². The van der Waals surface area contributed by atoms with Gasteiger partial charge < -0.3 is 20.4 Å². The number of anilines is 1. The number of benzene rings is 1. The van der Waals surface area contributed by atoms with Gasteiger partial charge in [-0.2, -0.15) is 0 Å². The molecular formula is C18H23N3O3. The molecule has 2 rings (SSSR count). The second kappa shape index (κ2) is 9.39. The van der Waals surface area contributed by atoms with Crippen molar-refractivity contribution in [1.29, 1.82) is 0 Å². The maximum absolute atomic E-state index is 12.1. The average molecular weight is 329 g/mol. The van der Waals surface area contributed by atoms with Crippen LogP contribution in [0.1, 0.15) is 35.9 Å². The van der Waals surface area contributed by atoms with Crippen molar-refractivity contribution in [2.24, 2.45) is 0 Å². The molecule has 6 heteroatoms. The van der Waals surface area contributed by atoms with E-state index < -0.39 is 0 Å². The topological polar surface area (TPSA) is 83.4 Å². The Kier molecular flexibility index (Phi) is 6.89. The molecule has 0 radical (unpaired) electrons. The highest BCUT2D eigenvalue weighted by atomic mass is 16.3. The molecule has 24 heavy (non-hydrogen) atoms. The zero-order valence-corrected chi connectivity index (χ0v) is 13.8. The van der Waals surface area contributed by atoms with Gasteiger partial charge >= 0.3 is 0 Å². The van der Waals surface area contributed by atoms with Gasteiger partial charge in [0.15, 0.2) is 0 Å². The standard InChI is InChI=1S/C18H23N3O3/c1-2-3-9-19-17(22)13-20-15-7-4-6-14(11-15)18(23)21-12-16-8-5-10-24-16/h4-8,10-11,20H,2-3,9,12-13H2,1H3,(H,19,22)(H,21,23). The third kappa shape index (κ3) is 5.79. The van der Waals surface area contributed by atoms with Gasteiger partial charge in [-0.05, 0) is 36.8 Å². The minimum Gasteiger partial charge on any atom is -0.467 e. The van der Waals surface area contributed by atoms with Crippen molar-refractivity contribution in [2.75, 3.05) is 18.4 Å². The molecule has 1 aromatic heterocycles. The molecule has 128 valence electrons. The van der Waals surface area contributed by atoms with E-state index in [2.05, 4.69) is 22.9 Å². The van der Waals surface area contributed by atoms with Gasteiger partial charge in [0.1, 0.15) is 5.76 Å². The molecule has 1 aromatic carbocycles. The summed E-state index contributed by atoms with van der Waals surface area (Å²) in [5.41, 5.74) is 1.25. The molecule has 2 amide bonds. The van der Waals surface area contributed by atoms with Crippen LogP contribution in [0.2, 0.25) is 0 Å². The Morgan fingerprint density at radius 2 is 2.00 bits per heavy atom. The van der Waals surface area contributed by atoms with E-state index in [0.29, 0.717) is 24.4 Å². The summed E-state index contributed by atoms with van der Waals surface area (Å²) < 4.78 is 5.18. The summed E-state index contributed by atoms with van der Waals surface area (Å²) in [4.78, 5) is 23.8. The van der Waals surface area contributed by atoms with Crippen LogP contribution in [0, 0.1) is 0 Å². The molecule has 0 aliphatic carbocycles. The van der Waals surface area contributed by atoms with Crippen molar-refractivity contribution in [2.45, 2.75) is 26.3 Å². The van der Waals surface area contributed by atoms with Crippen molar-refractivity contribution in [3.8, 4) is 0 Å². The smallest absolute Gasteiger partial charge is 0.251 e. The second-order valence-electron chi connectivity index (χ2n) is 5.40. The van der Waals surface area contributed by atoms with E-state index in [4.69, 9.17) is 4.42 Å². The minimum atomic E-state index is -0.192. The van der Waals surface area contributed by atoms with E-state index in [1.54, 1.807) is 36.6 Å². The van der Waals surface area contributed by atoms with Crippen LogP contribution in [0.15, 0.2) is 47.1 Å². The highest BCUT2D eigenvalue weighted by Gasteiger charge is 2.07. The molecule has 0 aliphatic heterocycles. The van der Waals surface area contributed by atoms with Gasteiger partial charge in [-0.25, -0.2) is 0 Å². The lowest BCUT2D eigenvalue weighted by atomic mass is 10.2. The monoisotopic (exact) mass is 329 g/mol. The number of amides is 2. The normalized spacial score (nSPS) is 10.2. The van der Waals surface area contributed by atoms with Crippen LogP contribution in [-0.2, 0) is 11.3 Å². The third-order valence-electron chi connectivity index (χ3n) is 3.43. The molecule has 0 bridgehead atoms. The summed E-state index contributed by atoms with van der Waals surface area (Å²) in [5.74, 6) is 0.444. The summed E-state index contributed by atoms with van der Waals surface area (Å²) in [7, 11) is 0. The summed E-state index contributed by atoms with van der Waals surface area (Å²) in [5, 5.41) is 8.65. The van der Waals surface area contributed by atoms with Gasteiger partial charge in [0.05, 0.1) is 19.4 Å². The number of hydrogen-bond donors (Lipinski definition) is 3. The fourth-order valence-corrected chi connectivity index (χ4v) is 2.10. The SMILES string of the molecule is CCCCNC(=O)CNc1cccc(C(=O)NCc2ccco2)c1. The van der Waals surface area contributed by atoms with Crippen molar-refractivity contribution in [3.05, 3.63) is 54.0 Å². The van der Waals surface area contributed by atoms with E-state index >= 15 is 0 Å². The molecule has 0 saturated carbocycles. The lowest BCUT2D eigenvalue weighted by molar-refractivity contribution is -0.119. The molecule has 0 spiro atoms. The summed E-state index contributed by atoms with van der Waals surface area (Å²) in [6.45, 7) is 3.28. The lowest BCUT2D eigenvalue weighted by Gasteiger charge is -2.09. The highest BCUT2D eigenvalue weighted by Crippen LogP contribution is 2.10. The first-order valence-electron chi connectivity index (χ1n) is 8.10. The molecule has 0 saturated heterocycles. The number of carbonyl (C=O) groups is 2.